The Hall–Kier alpha value is -1.85. The topological polar surface area (TPSA) is 81.5 Å². The van der Waals surface area contributed by atoms with E-state index in [-0.39, 0.29) is 17.2 Å². The number of carbonyl (C=O) groups is 1. The first-order chi connectivity index (χ1) is 6.93. The highest BCUT2D eigenvalue weighted by molar-refractivity contribution is 5.96. The molecule has 0 aromatic heterocycles. The van der Waals surface area contributed by atoms with Gasteiger partial charge in [0.05, 0.1) is 4.92 Å². The molecule has 1 N–H and O–H groups in total. The molecular formula is C9H10N2O4. The van der Waals surface area contributed by atoms with Crippen LogP contribution >= 0.6 is 0 Å². The summed E-state index contributed by atoms with van der Waals surface area (Å²) in [6, 6.07) is -0.717. The lowest BCUT2D eigenvalue weighted by atomic mass is 9.99. The zero-order valence-electron chi connectivity index (χ0n) is 8.31. The van der Waals surface area contributed by atoms with Gasteiger partial charge in [0.2, 0.25) is 11.5 Å². The summed E-state index contributed by atoms with van der Waals surface area (Å²) in [7, 11) is 0. The van der Waals surface area contributed by atoms with Crippen molar-refractivity contribution in [1.29, 1.82) is 0 Å². The van der Waals surface area contributed by atoms with Gasteiger partial charge in [-0.3, -0.25) is 14.9 Å². The number of carbonyl (C=O) groups excluding carboxylic acids is 1. The highest BCUT2D eigenvalue weighted by Gasteiger charge is 2.50. The summed E-state index contributed by atoms with van der Waals surface area (Å²) < 4.78 is 5.31. The minimum Gasteiger partial charge on any atom is -0.475 e. The van der Waals surface area contributed by atoms with Crippen molar-refractivity contribution in [3.63, 3.8) is 0 Å². The molecule has 0 bridgehead atoms. The summed E-state index contributed by atoms with van der Waals surface area (Å²) in [5.74, 6) is -0.0845. The van der Waals surface area contributed by atoms with Gasteiger partial charge in [0.25, 0.3) is 0 Å². The Kier molecular flexibility index (Phi) is 1.82. The Morgan fingerprint density at radius 2 is 2.27 bits per heavy atom. The molecule has 0 spiro atoms. The van der Waals surface area contributed by atoms with Crippen molar-refractivity contribution in [2.24, 2.45) is 0 Å². The molecule has 0 aromatic carbocycles. The highest BCUT2D eigenvalue weighted by Crippen LogP contribution is 2.33. The van der Waals surface area contributed by atoms with Gasteiger partial charge >= 0.3 is 5.70 Å². The monoisotopic (exact) mass is 210 g/mol. The number of hydrogen-bond donors (Lipinski definition) is 1. The molecule has 0 aliphatic carbocycles. The Morgan fingerprint density at radius 3 is 2.87 bits per heavy atom. The lowest BCUT2D eigenvalue weighted by Crippen LogP contribution is -2.39. The van der Waals surface area contributed by atoms with Crippen LogP contribution in [0.25, 0.3) is 0 Å². The van der Waals surface area contributed by atoms with Gasteiger partial charge in [-0.05, 0) is 13.8 Å². The van der Waals surface area contributed by atoms with Crippen molar-refractivity contribution >= 4 is 5.78 Å². The van der Waals surface area contributed by atoms with E-state index in [0.717, 1.165) is 0 Å². The molecule has 1 unspecified atom stereocenters. The number of nitro groups is 1. The largest absolute Gasteiger partial charge is 0.475 e. The molecule has 0 radical (unpaired) electrons. The van der Waals surface area contributed by atoms with Gasteiger partial charge in [0, 0.05) is 12.3 Å². The maximum absolute atomic E-state index is 11.8. The third-order valence-corrected chi connectivity index (χ3v) is 2.44. The molecule has 1 saturated heterocycles. The first kappa shape index (κ1) is 9.70. The Balaban J connectivity index is 2.49. The average molecular weight is 210 g/mol. The molecular weight excluding hydrogens is 200 g/mol. The van der Waals surface area contributed by atoms with Crippen LogP contribution in [0.15, 0.2) is 23.7 Å². The number of ketones is 1. The smallest absolute Gasteiger partial charge is 0.310 e. The number of hydrogen-bond acceptors (Lipinski definition) is 5. The van der Waals surface area contributed by atoms with Crippen LogP contribution in [0.1, 0.15) is 13.8 Å². The Labute approximate surface area is 85.7 Å². The second-order valence-corrected chi connectivity index (χ2v) is 3.92. The predicted molar refractivity (Wildman–Crippen MR) is 50.3 cm³/mol. The van der Waals surface area contributed by atoms with Crippen molar-refractivity contribution in [1.82, 2.24) is 5.32 Å². The van der Waals surface area contributed by atoms with E-state index in [1.165, 1.54) is 12.3 Å². The molecule has 0 saturated carbocycles. The van der Waals surface area contributed by atoms with E-state index in [0.29, 0.717) is 0 Å². The van der Waals surface area contributed by atoms with E-state index in [1.807, 2.05) is 0 Å². The van der Waals surface area contributed by atoms with Crippen LogP contribution in [0.5, 0.6) is 0 Å². The molecule has 2 aliphatic heterocycles. The number of allylic oxidation sites excluding steroid dienone is 1. The molecule has 80 valence electrons. The zero-order chi connectivity index (χ0) is 11.2. The van der Waals surface area contributed by atoms with Crippen LogP contribution in [-0.4, -0.2) is 22.3 Å². The van der Waals surface area contributed by atoms with Gasteiger partial charge in [0.1, 0.15) is 0 Å². The van der Waals surface area contributed by atoms with Crippen molar-refractivity contribution < 1.29 is 14.5 Å². The normalized spacial score (nSPS) is 27.1. The van der Waals surface area contributed by atoms with Gasteiger partial charge in [-0.1, -0.05) is 0 Å². The van der Waals surface area contributed by atoms with Crippen molar-refractivity contribution in [2.75, 3.05) is 0 Å². The molecule has 2 rings (SSSR count). The first-order valence-corrected chi connectivity index (χ1v) is 4.48. The minimum absolute atomic E-state index is 0.109. The van der Waals surface area contributed by atoms with Crippen LogP contribution in [0.4, 0.5) is 0 Å². The number of fused-ring (bicyclic) bond motifs is 1. The number of dihydropyridines is 1. The van der Waals surface area contributed by atoms with E-state index >= 15 is 0 Å². The molecule has 1 atom stereocenters. The van der Waals surface area contributed by atoms with E-state index in [9.17, 15) is 14.9 Å². The molecule has 2 aliphatic rings. The van der Waals surface area contributed by atoms with E-state index < -0.39 is 16.6 Å². The van der Waals surface area contributed by atoms with E-state index in [4.69, 9.17) is 4.74 Å². The quantitative estimate of drug-likeness (QED) is 0.498. The fraction of sp³-hybridized carbons (Fsp3) is 0.444. The third kappa shape index (κ3) is 1.29. The van der Waals surface area contributed by atoms with Crippen LogP contribution in [0, 0.1) is 10.1 Å². The van der Waals surface area contributed by atoms with Crippen molar-refractivity contribution in [2.45, 2.75) is 25.5 Å². The summed E-state index contributed by atoms with van der Waals surface area (Å²) in [4.78, 5) is 21.9. The Bertz CT molecular complexity index is 408. The van der Waals surface area contributed by atoms with Crippen LogP contribution < -0.4 is 5.32 Å². The maximum atomic E-state index is 11.8. The van der Waals surface area contributed by atoms with Gasteiger partial charge in [-0.15, -0.1) is 0 Å². The standard InChI is InChI=1S/C9H10N2O4/c1-9(2)8(12)6-7(15-9)5(11(13)14)3-4-10-6/h3-4,6,10H,1-2H3. The average Bonchev–Trinajstić information content (AvgIpc) is 2.37. The number of Topliss-reactive ketones (excluding diaryl/α,β-unsaturated/α-hetero) is 1. The fourth-order valence-corrected chi connectivity index (χ4v) is 1.66. The predicted octanol–water partition coefficient (Wildman–Crippen LogP) is 0.338. The van der Waals surface area contributed by atoms with Gasteiger partial charge < -0.3 is 10.1 Å². The summed E-state index contributed by atoms with van der Waals surface area (Å²) in [6.45, 7) is 3.19. The molecule has 2 heterocycles. The van der Waals surface area contributed by atoms with Crippen molar-refractivity contribution in [3.05, 3.63) is 33.8 Å². The fourth-order valence-electron chi connectivity index (χ4n) is 1.66. The second-order valence-electron chi connectivity index (χ2n) is 3.92. The van der Waals surface area contributed by atoms with Gasteiger partial charge in [-0.2, -0.15) is 0 Å². The molecule has 15 heavy (non-hydrogen) atoms. The van der Waals surface area contributed by atoms with Crippen LogP contribution in [0.3, 0.4) is 0 Å². The zero-order valence-corrected chi connectivity index (χ0v) is 8.31. The SMILES string of the molecule is CC1(C)OC2=C([N+](=O)[O-])C=CNC2C1=O. The lowest BCUT2D eigenvalue weighted by molar-refractivity contribution is -0.422. The van der Waals surface area contributed by atoms with Crippen LogP contribution in [0.2, 0.25) is 0 Å². The minimum atomic E-state index is -1.000. The van der Waals surface area contributed by atoms with Gasteiger partial charge in [0.15, 0.2) is 11.6 Å². The highest BCUT2D eigenvalue weighted by atomic mass is 16.6. The third-order valence-electron chi connectivity index (χ3n) is 2.44. The van der Waals surface area contributed by atoms with Gasteiger partial charge in [-0.25, -0.2) is 0 Å². The van der Waals surface area contributed by atoms with Crippen molar-refractivity contribution in [3.8, 4) is 0 Å². The molecule has 6 heteroatoms. The summed E-state index contributed by atoms with van der Waals surface area (Å²) >= 11 is 0. The summed E-state index contributed by atoms with van der Waals surface area (Å²) in [5.41, 5.74) is -1.15. The summed E-state index contributed by atoms with van der Waals surface area (Å²) in [6.07, 6.45) is 2.69. The van der Waals surface area contributed by atoms with Crippen LogP contribution in [-0.2, 0) is 9.53 Å². The number of ether oxygens (including phenoxy) is 1. The maximum Gasteiger partial charge on any atom is 0.310 e. The molecule has 0 aromatic rings. The van der Waals surface area contributed by atoms with E-state index in [1.54, 1.807) is 13.8 Å². The molecule has 6 nitrogen and oxygen atoms in total. The lowest BCUT2D eigenvalue weighted by Gasteiger charge is -2.14. The number of nitrogens with zero attached hydrogens (tertiary/aromatic N) is 1. The number of nitrogens with one attached hydrogen (secondary N) is 1. The summed E-state index contributed by atoms with van der Waals surface area (Å²) in [5, 5.41) is 13.4. The second kappa shape index (κ2) is 2.82. The molecule has 1 fully saturated rings. The Morgan fingerprint density at radius 1 is 1.60 bits per heavy atom. The number of rotatable bonds is 1. The van der Waals surface area contributed by atoms with E-state index in [2.05, 4.69) is 5.32 Å². The first-order valence-electron chi connectivity index (χ1n) is 4.48. The molecule has 0 amide bonds.